The molecule has 0 heterocycles. The molecule has 0 saturated carbocycles. The molecule has 3 heteroatoms. The van der Waals surface area contributed by atoms with Crippen LogP contribution in [0.4, 0.5) is 0 Å². The van der Waals surface area contributed by atoms with Crippen molar-refractivity contribution in [3.63, 3.8) is 0 Å². The van der Waals surface area contributed by atoms with Gasteiger partial charge in [-0.1, -0.05) is 12.1 Å². The van der Waals surface area contributed by atoms with Crippen LogP contribution in [0.25, 0.3) is 0 Å². The summed E-state index contributed by atoms with van der Waals surface area (Å²) in [6, 6.07) is 12.1. The molecule has 0 spiro atoms. The lowest BCUT2D eigenvalue weighted by Gasteiger charge is -2.27. The summed E-state index contributed by atoms with van der Waals surface area (Å²) in [4.78, 5) is 12.6. The molecule has 2 aromatic carbocycles. The molecule has 0 radical (unpaired) electrons. The molecule has 1 atom stereocenters. The first kappa shape index (κ1) is 15.6. The Balaban J connectivity index is 1.81. The highest BCUT2D eigenvalue weighted by Gasteiger charge is 2.22. The van der Waals surface area contributed by atoms with Gasteiger partial charge in [0.25, 0.3) is 5.91 Å². The minimum atomic E-state index is 0.00164. The number of nitrogens with one attached hydrogen (secondary N) is 1. The number of aryl methyl sites for hydroxylation is 3. The lowest BCUT2D eigenvalue weighted by atomic mass is 9.87. The maximum Gasteiger partial charge on any atom is 0.251 e. The van der Waals surface area contributed by atoms with Gasteiger partial charge in [-0.2, -0.15) is 0 Å². The molecule has 2 aromatic rings. The van der Waals surface area contributed by atoms with Crippen LogP contribution in [0, 0.1) is 13.8 Å². The number of methoxy groups -OCH3 is 1. The monoisotopic (exact) mass is 309 g/mol. The summed E-state index contributed by atoms with van der Waals surface area (Å²) in [6.45, 7) is 4.09. The van der Waals surface area contributed by atoms with E-state index >= 15 is 0 Å². The van der Waals surface area contributed by atoms with Gasteiger partial charge in [-0.3, -0.25) is 4.79 Å². The first-order valence-electron chi connectivity index (χ1n) is 8.13. The maximum absolute atomic E-state index is 12.6. The first-order valence-corrected chi connectivity index (χ1v) is 8.13. The molecule has 1 amide bonds. The summed E-state index contributed by atoms with van der Waals surface area (Å²) in [6.07, 6.45) is 3.11. The van der Waals surface area contributed by atoms with Crippen LogP contribution in [0.5, 0.6) is 5.75 Å². The molecular formula is C20H23NO2. The molecule has 1 aliphatic rings. The largest absolute Gasteiger partial charge is 0.497 e. The highest BCUT2D eigenvalue weighted by Crippen LogP contribution is 2.32. The quantitative estimate of drug-likeness (QED) is 0.926. The average molecular weight is 309 g/mol. The van der Waals surface area contributed by atoms with Crippen molar-refractivity contribution in [1.82, 2.24) is 5.32 Å². The zero-order chi connectivity index (χ0) is 16.4. The van der Waals surface area contributed by atoms with E-state index in [1.54, 1.807) is 7.11 Å². The summed E-state index contributed by atoms with van der Waals surface area (Å²) < 4.78 is 5.30. The number of carbonyl (C=O) groups is 1. The van der Waals surface area contributed by atoms with Crippen LogP contribution in [0.1, 0.15) is 51.5 Å². The van der Waals surface area contributed by atoms with Gasteiger partial charge in [0.1, 0.15) is 5.75 Å². The van der Waals surface area contributed by atoms with E-state index in [2.05, 4.69) is 24.4 Å². The van der Waals surface area contributed by atoms with E-state index in [4.69, 9.17) is 4.74 Å². The van der Waals surface area contributed by atoms with Crippen LogP contribution in [0.3, 0.4) is 0 Å². The lowest BCUT2D eigenvalue weighted by Crippen LogP contribution is -2.31. The number of ether oxygens (including phenoxy) is 1. The summed E-state index contributed by atoms with van der Waals surface area (Å²) in [7, 11) is 1.68. The van der Waals surface area contributed by atoms with Crippen molar-refractivity contribution in [2.75, 3.05) is 7.11 Å². The molecule has 23 heavy (non-hydrogen) atoms. The molecule has 1 aliphatic carbocycles. The summed E-state index contributed by atoms with van der Waals surface area (Å²) >= 11 is 0. The van der Waals surface area contributed by atoms with E-state index in [-0.39, 0.29) is 11.9 Å². The molecule has 1 N–H and O–H groups in total. The molecule has 0 fully saturated rings. The highest BCUT2D eigenvalue weighted by atomic mass is 16.5. The third-order valence-corrected chi connectivity index (χ3v) is 4.74. The minimum absolute atomic E-state index is 0.00164. The number of rotatable bonds is 3. The van der Waals surface area contributed by atoms with Crippen LogP contribution in [-0.2, 0) is 6.42 Å². The number of carbonyl (C=O) groups excluding carboxylic acids is 1. The third kappa shape index (κ3) is 3.24. The van der Waals surface area contributed by atoms with Gasteiger partial charge in [-0.25, -0.2) is 0 Å². The van der Waals surface area contributed by atoms with Gasteiger partial charge in [0, 0.05) is 5.56 Å². The zero-order valence-corrected chi connectivity index (χ0v) is 14.0. The minimum Gasteiger partial charge on any atom is -0.497 e. The predicted molar refractivity (Wildman–Crippen MR) is 92.1 cm³/mol. The molecule has 0 bridgehead atoms. The van der Waals surface area contributed by atoms with Crippen molar-refractivity contribution < 1.29 is 9.53 Å². The highest BCUT2D eigenvalue weighted by molar-refractivity contribution is 5.94. The Hall–Kier alpha value is -2.29. The third-order valence-electron chi connectivity index (χ3n) is 4.74. The van der Waals surface area contributed by atoms with Crippen molar-refractivity contribution >= 4 is 5.91 Å². The number of amides is 1. The molecule has 0 saturated heterocycles. The average Bonchev–Trinajstić information content (AvgIpc) is 2.57. The van der Waals surface area contributed by atoms with Crippen LogP contribution < -0.4 is 10.1 Å². The van der Waals surface area contributed by atoms with Crippen molar-refractivity contribution in [1.29, 1.82) is 0 Å². The van der Waals surface area contributed by atoms with Crippen LogP contribution in [-0.4, -0.2) is 13.0 Å². The Labute approximate surface area is 137 Å². The van der Waals surface area contributed by atoms with E-state index < -0.39 is 0 Å². The molecule has 3 nitrogen and oxygen atoms in total. The van der Waals surface area contributed by atoms with Gasteiger partial charge in [-0.15, -0.1) is 0 Å². The van der Waals surface area contributed by atoms with Crippen molar-refractivity contribution in [3.05, 3.63) is 64.2 Å². The molecule has 3 rings (SSSR count). The fraction of sp³-hybridized carbons (Fsp3) is 0.350. The van der Waals surface area contributed by atoms with Gasteiger partial charge in [-0.05, 0) is 79.6 Å². The van der Waals surface area contributed by atoms with Crippen LogP contribution >= 0.6 is 0 Å². The zero-order valence-electron chi connectivity index (χ0n) is 14.0. The standard InChI is InChI=1S/C20H23NO2/c1-13-7-8-16(11-14(13)2)20(22)21-19-6-4-5-15-12-17(23-3)9-10-18(15)19/h7-12,19H,4-6H2,1-3H3,(H,21,22)/t19-/m1/s1. The lowest BCUT2D eigenvalue weighted by molar-refractivity contribution is 0.0932. The molecule has 120 valence electrons. The van der Waals surface area contributed by atoms with E-state index in [1.165, 1.54) is 16.7 Å². The van der Waals surface area contributed by atoms with Crippen molar-refractivity contribution in [2.24, 2.45) is 0 Å². The fourth-order valence-electron chi connectivity index (χ4n) is 3.19. The van der Waals surface area contributed by atoms with Crippen molar-refractivity contribution in [2.45, 2.75) is 39.2 Å². The Morgan fingerprint density at radius 2 is 1.96 bits per heavy atom. The predicted octanol–water partition coefficient (Wildman–Crippen LogP) is 4.12. The van der Waals surface area contributed by atoms with Gasteiger partial charge < -0.3 is 10.1 Å². The van der Waals surface area contributed by atoms with E-state index in [0.29, 0.717) is 0 Å². The van der Waals surface area contributed by atoms with Gasteiger partial charge in [0.15, 0.2) is 0 Å². The fourth-order valence-corrected chi connectivity index (χ4v) is 3.19. The summed E-state index contributed by atoms with van der Waals surface area (Å²) in [5, 5.41) is 3.20. The van der Waals surface area contributed by atoms with Crippen LogP contribution in [0.15, 0.2) is 36.4 Å². The van der Waals surface area contributed by atoms with Gasteiger partial charge in [0.2, 0.25) is 0 Å². The Morgan fingerprint density at radius 1 is 1.13 bits per heavy atom. The number of fused-ring (bicyclic) bond motifs is 1. The van der Waals surface area contributed by atoms with Gasteiger partial charge in [0.05, 0.1) is 13.2 Å². The Morgan fingerprint density at radius 3 is 2.70 bits per heavy atom. The Bertz CT molecular complexity index is 736. The number of benzene rings is 2. The normalized spacial score (nSPS) is 16.6. The second-order valence-electron chi connectivity index (χ2n) is 6.28. The Kier molecular flexibility index (Phi) is 4.37. The SMILES string of the molecule is COc1ccc2c(c1)CCC[C@H]2NC(=O)c1ccc(C)c(C)c1. The first-order chi connectivity index (χ1) is 11.1. The van der Waals surface area contributed by atoms with E-state index in [1.807, 2.05) is 31.2 Å². The topological polar surface area (TPSA) is 38.3 Å². The van der Waals surface area contributed by atoms with Gasteiger partial charge >= 0.3 is 0 Å². The smallest absolute Gasteiger partial charge is 0.251 e. The van der Waals surface area contributed by atoms with E-state index in [0.717, 1.165) is 36.1 Å². The molecule has 0 aliphatic heterocycles. The van der Waals surface area contributed by atoms with Crippen LogP contribution in [0.2, 0.25) is 0 Å². The van der Waals surface area contributed by atoms with E-state index in [9.17, 15) is 4.79 Å². The maximum atomic E-state index is 12.6. The van der Waals surface area contributed by atoms with Crippen molar-refractivity contribution in [3.8, 4) is 5.75 Å². The summed E-state index contributed by atoms with van der Waals surface area (Å²) in [5.41, 5.74) is 5.58. The second-order valence-corrected chi connectivity index (χ2v) is 6.28. The number of hydrogen-bond acceptors (Lipinski definition) is 2. The molecule has 0 aromatic heterocycles. The second kappa shape index (κ2) is 6.45. The summed E-state index contributed by atoms with van der Waals surface area (Å²) in [5.74, 6) is 0.881. The molecule has 0 unspecified atom stereocenters. The number of hydrogen-bond donors (Lipinski definition) is 1. The molecular weight excluding hydrogens is 286 g/mol.